The summed E-state index contributed by atoms with van der Waals surface area (Å²) in [5.41, 5.74) is 0. The third kappa shape index (κ3) is 5.86. The molecular weight excluding hydrogens is 396 g/mol. The second-order valence-electron chi connectivity index (χ2n) is 7.62. The van der Waals surface area contributed by atoms with Gasteiger partial charge in [-0.1, -0.05) is 31.6 Å². The van der Waals surface area contributed by atoms with E-state index in [-0.39, 0.29) is 12.2 Å². The summed E-state index contributed by atoms with van der Waals surface area (Å²) in [6.45, 7) is 1.99. The van der Waals surface area contributed by atoms with Crippen molar-refractivity contribution in [3.05, 3.63) is 11.8 Å². The molecule has 29 heavy (non-hydrogen) atoms. The molecule has 5 nitrogen and oxygen atoms in total. The molecule has 3 N–H and O–H groups in total. The molecular formula is C20H26F4O5. The molecule has 1 saturated heterocycles. The average molecular weight is 422 g/mol. The van der Waals surface area contributed by atoms with Crippen LogP contribution in [0.4, 0.5) is 17.6 Å². The van der Waals surface area contributed by atoms with Gasteiger partial charge in [0.2, 0.25) is 0 Å². The van der Waals surface area contributed by atoms with E-state index in [4.69, 9.17) is 9.84 Å². The first kappa shape index (κ1) is 23.5. The molecule has 164 valence electrons. The van der Waals surface area contributed by atoms with E-state index in [9.17, 15) is 32.6 Å². The first-order valence-corrected chi connectivity index (χ1v) is 9.71. The Labute approximate surface area is 166 Å². The molecule has 1 aliphatic heterocycles. The molecule has 0 aromatic rings. The summed E-state index contributed by atoms with van der Waals surface area (Å²) in [5, 5.41) is 28.4. The van der Waals surface area contributed by atoms with Crippen molar-refractivity contribution in [3.8, 4) is 11.8 Å². The topological polar surface area (TPSA) is 87.0 Å². The summed E-state index contributed by atoms with van der Waals surface area (Å²) in [7, 11) is 0. The number of fused-ring (bicyclic) bond motifs is 1. The second kappa shape index (κ2) is 9.35. The van der Waals surface area contributed by atoms with Crippen molar-refractivity contribution < 1.29 is 42.4 Å². The number of alkyl halides is 4. The van der Waals surface area contributed by atoms with Gasteiger partial charge in [0.1, 0.15) is 12.2 Å². The number of carbonyl (C=O) groups is 1. The maximum atomic E-state index is 14.4. The number of ether oxygens (including phenoxy) is 1. The number of aliphatic hydroxyl groups excluding tert-OH is 2. The van der Waals surface area contributed by atoms with E-state index in [0.717, 1.165) is 19.3 Å². The van der Waals surface area contributed by atoms with Gasteiger partial charge in [0.25, 0.3) is 5.92 Å². The Morgan fingerprint density at radius 1 is 1.41 bits per heavy atom. The van der Waals surface area contributed by atoms with Gasteiger partial charge >= 0.3 is 11.9 Å². The third-order valence-corrected chi connectivity index (χ3v) is 5.22. The molecule has 9 heteroatoms. The molecule has 5 atom stereocenters. The van der Waals surface area contributed by atoms with E-state index >= 15 is 0 Å². The standard InChI is InChI=1S/C20H26F4O5/c1-2-3-4-5-12(25)6-7-14-15-10-13(11-19(21,22)9-8-16(26)27)29-18(15)20(23,24)17(14)28/h11-12,14-15,17-18,25,28H,2-5,8-10H2,1H3,(H,26,27)/b13-11-/t12-,14+,15+,17-,18?/m0/s1. The minimum Gasteiger partial charge on any atom is -0.488 e. The highest BCUT2D eigenvalue weighted by molar-refractivity contribution is 5.66. The van der Waals surface area contributed by atoms with Gasteiger partial charge in [-0.3, -0.25) is 4.79 Å². The van der Waals surface area contributed by atoms with Crippen LogP contribution in [0, 0.1) is 23.7 Å². The molecule has 2 fully saturated rings. The number of carboxylic acid groups (broad SMARTS) is 1. The van der Waals surface area contributed by atoms with E-state index in [0.29, 0.717) is 12.5 Å². The Morgan fingerprint density at radius 2 is 2.10 bits per heavy atom. The van der Waals surface area contributed by atoms with Gasteiger partial charge in [0.15, 0.2) is 6.10 Å². The number of hydrogen-bond acceptors (Lipinski definition) is 4. The maximum absolute atomic E-state index is 14.4. The van der Waals surface area contributed by atoms with Gasteiger partial charge < -0.3 is 20.1 Å². The third-order valence-electron chi connectivity index (χ3n) is 5.22. The number of carboxylic acids is 1. The molecule has 1 heterocycles. The molecule has 0 bridgehead atoms. The van der Waals surface area contributed by atoms with Crippen LogP contribution in [0.15, 0.2) is 11.8 Å². The Balaban J connectivity index is 2.12. The van der Waals surface area contributed by atoms with Crippen LogP contribution in [0.2, 0.25) is 0 Å². The summed E-state index contributed by atoms with van der Waals surface area (Å²) in [5.74, 6) is -6.19. The number of rotatable bonds is 8. The van der Waals surface area contributed by atoms with Crippen molar-refractivity contribution >= 4 is 5.97 Å². The summed E-state index contributed by atoms with van der Waals surface area (Å²) in [4.78, 5) is 10.5. The average Bonchev–Trinajstić information content (AvgIpc) is 3.10. The van der Waals surface area contributed by atoms with Crippen molar-refractivity contribution in [1.29, 1.82) is 0 Å². The summed E-state index contributed by atoms with van der Waals surface area (Å²) >= 11 is 0. The van der Waals surface area contributed by atoms with Gasteiger partial charge in [-0.05, 0) is 12.8 Å². The van der Waals surface area contributed by atoms with E-state index in [1.807, 2.05) is 6.92 Å². The van der Waals surface area contributed by atoms with Crippen molar-refractivity contribution in [1.82, 2.24) is 0 Å². The van der Waals surface area contributed by atoms with Crippen molar-refractivity contribution in [2.45, 2.75) is 82.0 Å². The Hall–Kier alpha value is -1.79. The summed E-state index contributed by atoms with van der Waals surface area (Å²) in [6, 6.07) is 0. The quantitative estimate of drug-likeness (QED) is 0.317. The minimum absolute atomic E-state index is 0.273. The number of unbranched alkanes of at least 4 members (excludes halogenated alkanes) is 2. The number of hydrogen-bond donors (Lipinski definition) is 3. The Kier molecular flexibility index (Phi) is 7.57. The Morgan fingerprint density at radius 3 is 2.72 bits per heavy atom. The predicted octanol–water partition coefficient (Wildman–Crippen LogP) is 3.35. The molecule has 2 aliphatic rings. The highest BCUT2D eigenvalue weighted by Gasteiger charge is 2.66. The van der Waals surface area contributed by atoms with Crippen LogP contribution in [0.25, 0.3) is 0 Å². The molecule has 1 aliphatic carbocycles. The monoisotopic (exact) mass is 422 g/mol. The molecule has 0 radical (unpaired) electrons. The lowest BCUT2D eigenvalue weighted by atomic mass is 9.91. The van der Waals surface area contributed by atoms with Crippen molar-refractivity contribution in [3.63, 3.8) is 0 Å². The fourth-order valence-corrected chi connectivity index (χ4v) is 3.67. The summed E-state index contributed by atoms with van der Waals surface area (Å²) in [6.07, 6.45) is -3.64. The zero-order valence-corrected chi connectivity index (χ0v) is 16.1. The highest BCUT2D eigenvalue weighted by Crippen LogP contribution is 2.52. The molecule has 1 saturated carbocycles. The minimum atomic E-state index is -3.68. The molecule has 0 aromatic heterocycles. The van der Waals surface area contributed by atoms with Gasteiger partial charge in [-0.25, -0.2) is 8.78 Å². The van der Waals surface area contributed by atoms with E-state index in [1.54, 1.807) is 0 Å². The zero-order chi connectivity index (χ0) is 21.8. The molecule has 2 rings (SSSR count). The number of aliphatic hydroxyl groups is 2. The van der Waals surface area contributed by atoms with Crippen LogP contribution >= 0.6 is 0 Å². The Bertz CT molecular complexity index is 682. The first-order chi connectivity index (χ1) is 13.5. The van der Waals surface area contributed by atoms with Gasteiger partial charge in [-0.2, -0.15) is 8.78 Å². The smallest absolute Gasteiger partial charge is 0.310 e. The normalized spacial score (nSPS) is 30.4. The molecule has 0 spiro atoms. The predicted molar refractivity (Wildman–Crippen MR) is 95.2 cm³/mol. The van der Waals surface area contributed by atoms with Gasteiger partial charge in [0, 0.05) is 24.8 Å². The van der Waals surface area contributed by atoms with Gasteiger partial charge in [-0.15, -0.1) is 0 Å². The van der Waals surface area contributed by atoms with Gasteiger partial charge in [0.05, 0.1) is 18.1 Å². The fraction of sp³-hybridized carbons (Fsp3) is 0.750. The fourth-order valence-electron chi connectivity index (χ4n) is 3.67. The highest BCUT2D eigenvalue weighted by atomic mass is 19.3. The number of allylic oxidation sites excluding steroid dienone is 2. The van der Waals surface area contributed by atoms with Crippen LogP contribution in [0.1, 0.15) is 51.9 Å². The van der Waals surface area contributed by atoms with Crippen LogP contribution < -0.4 is 0 Å². The van der Waals surface area contributed by atoms with Crippen LogP contribution in [-0.4, -0.2) is 51.4 Å². The lowest BCUT2D eigenvalue weighted by molar-refractivity contribution is -0.149. The molecule has 0 amide bonds. The largest absolute Gasteiger partial charge is 0.488 e. The van der Waals surface area contributed by atoms with E-state index < -0.39 is 60.8 Å². The van der Waals surface area contributed by atoms with Crippen LogP contribution in [-0.2, 0) is 9.53 Å². The number of halogens is 4. The SMILES string of the molecule is CCCCC[C@H](O)C#C[C@@H]1[C@H]2C/C(=C/C(F)(F)CCC(=O)O)OC2C(F)(F)[C@H]1O. The van der Waals surface area contributed by atoms with Crippen molar-refractivity contribution in [2.24, 2.45) is 11.8 Å². The molecule has 0 aromatic carbocycles. The number of aliphatic carboxylic acids is 1. The maximum Gasteiger partial charge on any atom is 0.310 e. The zero-order valence-electron chi connectivity index (χ0n) is 16.1. The van der Waals surface area contributed by atoms with Crippen LogP contribution in [0.3, 0.4) is 0 Å². The second-order valence-corrected chi connectivity index (χ2v) is 7.62. The van der Waals surface area contributed by atoms with Crippen LogP contribution in [0.5, 0.6) is 0 Å². The summed E-state index contributed by atoms with van der Waals surface area (Å²) < 4.78 is 61.5. The van der Waals surface area contributed by atoms with Crippen molar-refractivity contribution in [2.75, 3.05) is 0 Å². The first-order valence-electron chi connectivity index (χ1n) is 9.71. The molecule has 1 unspecified atom stereocenters. The lowest BCUT2D eigenvalue weighted by Crippen LogP contribution is -2.39. The van der Waals surface area contributed by atoms with E-state index in [1.165, 1.54) is 0 Å². The van der Waals surface area contributed by atoms with E-state index in [2.05, 4.69) is 11.8 Å². The lowest BCUT2D eigenvalue weighted by Gasteiger charge is -2.21.